The molecule has 0 aliphatic carbocycles. The van der Waals surface area contributed by atoms with Gasteiger partial charge in [0.25, 0.3) is 0 Å². The van der Waals surface area contributed by atoms with E-state index in [2.05, 4.69) is 4.98 Å². The van der Waals surface area contributed by atoms with E-state index in [9.17, 15) is 4.79 Å². The molecule has 20 heavy (non-hydrogen) atoms. The molecule has 0 aliphatic heterocycles. The van der Waals surface area contributed by atoms with Crippen LogP contribution in [0.1, 0.15) is 10.5 Å². The average molecular weight is 278 g/mol. The molecule has 3 N–H and O–H groups in total. The summed E-state index contributed by atoms with van der Waals surface area (Å²) in [6, 6.07) is 7.13. The summed E-state index contributed by atoms with van der Waals surface area (Å²) >= 11 is 0. The number of nitrogen functional groups attached to an aromatic ring is 1. The largest absolute Gasteiger partial charge is 0.459 e. The Morgan fingerprint density at radius 1 is 1.20 bits per heavy atom. The number of esters is 1. The van der Waals surface area contributed by atoms with Crippen molar-refractivity contribution in [2.24, 2.45) is 0 Å². The molecular formula is C14H18N2O4. The molecule has 0 amide bonds. The molecule has 1 aromatic carbocycles. The highest BCUT2D eigenvalue weighted by Gasteiger charge is 2.10. The minimum atomic E-state index is -0.407. The lowest BCUT2D eigenvalue weighted by molar-refractivity contribution is 0.0210. The predicted octanol–water partition coefficient (Wildman–Crippen LogP) is 1.57. The smallest absolute Gasteiger partial charge is 0.354 e. The molecule has 0 aliphatic rings. The molecule has 0 radical (unpaired) electrons. The van der Waals surface area contributed by atoms with Gasteiger partial charge >= 0.3 is 5.97 Å². The molecule has 108 valence electrons. The number of hydrogen-bond acceptors (Lipinski definition) is 5. The highest BCUT2D eigenvalue weighted by Crippen LogP contribution is 2.18. The van der Waals surface area contributed by atoms with Crippen LogP contribution in [0.2, 0.25) is 0 Å². The van der Waals surface area contributed by atoms with E-state index < -0.39 is 5.97 Å². The number of nitrogens with two attached hydrogens (primary N) is 1. The average Bonchev–Trinajstić information content (AvgIpc) is 2.85. The van der Waals surface area contributed by atoms with Crippen LogP contribution in [0.15, 0.2) is 24.3 Å². The summed E-state index contributed by atoms with van der Waals surface area (Å²) in [6.07, 6.45) is 0. The van der Waals surface area contributed by atoms with Gasteiger partial charge in [-0.1, -0.05) is 0 Å². The van der Waals surface area contributed by atoms with Crippen LogP contribution in [0.4, 0.5) is 5.69 Å². The summed E-state index contributed by atoms with van der Waals surface area (Å²) in [5.74, 6) is -0.407. The van der Waals surface area contributed by atoms with Gasteiger partial charge in [0, 0.05) is 23.7 Å². The normalized spacial score (nSPS) is 10.8. The van der Waals surface area contributed by atoms with Crippen molar-refractivity contribution in [2.45, 2.75) is 0 Å². The Morgan fingerprint density at radius 3 is 2.80 bits per heavy atom. The van der Waals surface area contributed by atoms with Crippen LogP contribution in [-0.4, -0.2) is 44.5 Å². The predicted molar refractivity (Wildman–Crippen MR) is 75.7 cm³/mol. The Labute approximate surface area is 116 Å². The fourth-order valence-electron chi connectivity index (χ4n) is 1.78. The highest BCUT2D eigenvalue weighted by molar-refractivity contribution is 5.95. The molecule has 0 bridgehead atoms. The van der Waals surface area contributed by atoms with Crippen LogP contribution in [0.5, 0.6) is 0 Å². The van der Waals surface area contributed by atoms with Crippen molar-refractivity contribution < 1.29 is 19.0 Å². The lowest BCUT2D eigenvalue weighted by Crippen LogP contribution is -2.12. The van der Waals surface area contributed by atoms with Gasteiger partial charge in [-0.3, -0.25) is 0 Å². The second-order valence-electron chi connectivity index (χ2n) is 4.27. The number of aromatic nitrogens is 1. The molecule has 6 heteroatoms. The van der Waals surface area contributed by atoms with Gasteiger partial charge in [0.1, 0.15) is 12.3 Å². The zero-order chi connectivity index (χ0) is 14.4. The summed E-state index contributed by atoms with van der Waals surface area (Å²) in [6.45, 7) is 1.57. The van der Waals surface area contributed by atoms with Gasteiger partial charge in [0.05, 0.1) is 19.8 Å². The molecule has 1 heterocycles. The molecule has 0 spiro atoms. The van der Waals surface area contributed by atoms with Crippen LogP contribution >= 0.6 is 0 Å². The maximum absolute atomic E-state index is 11.8. The Hall–Kier alpha value is -2.05. The fourth-order valence-corrected chi connectivity index (χ4v) is 1.78. The van der Waals surface area contributed by atoms with Gasteiger partial charge in [-0.05, 0) is 24.3 Å². The standard InChI is InChI=1S/C14H18N2O4/c1-18-4-5-19-6-7-20-14(17)13-9-10-8-11(15)2-3-12(10)16-13/h2-3,8-9,16H,4-7,15H2,1H3. The molecule has 2 aromatic rings. The number of anilines is 1. The number of carbonyl (C=O) groups excluding carboxylic acids is 1. The van der Waals surface area contributed by atoms with Crippen LogP contribution in [-0.2, 0) is 14.2 Å². The van der Waals surface area contributed by atoms with Gasteiger partial charge in [-0.15, -0.1) is 0 Å². The molecule has 1 aromatic heterocycles. The summed E-state index contributed by atoms with van der Waals surface area (Å²) in [5.41, 5.74) is 7.60. The van der Waals surface area contributed by atoms with E-state index in [0.29, 0.717) is 31.2 Å². The molecule has 0 atom stereocenters. The van der Waals surface area contributed by atoms with E-state index >= 15 is 0 Å². The number of nitrogens with one attached hydrogen (secondary N) is 1. The topological polar surface area (TPSA) is 86.6 Å². The van der Waals surface area contributed by atoms with Crippen molar-refractivity contribution in [2.75, 3.05) is 39.3 Å². The number of aromatic amines is 1. The Morgan fingerprint density at radius 2 is 2.00 bits per heavy atom. The van der Waals surface area contributed by atoms with Crippen molar-refractivity contribution in [1.82, 2.24) is 4.98 Å². The summed E-state index contributed by atoms with van der Waals surface area (Å²) in [5, 5.41) is 0.883. The number of fused-ring (bicyclic) bond motifs is 1. The van der Waals surface area contributed by atoms with Crippen molar-refractivity contribution >= 4 is 22.6 Å². The van der Waals surface area contributed by atoms with Crippen molar-refractivity contribution in [3.63, 3.8) is 0 Å². The van der Waals surface area contributed by atoms with Gasteiger partial charge in [0.2, 0.25) is 0 Å². The minimum absolute atomic E-state index is 0.208. The number of methoxy groups -OCH3 is 1. The van der Waals surface area contributed by atoms with Gasteiger partial charge < -0.3 is 24.9 Å². The van der Waals surface area contributed by atoms with E-state index in [4.69, 9.17) is 19.9 Å². The Kier molecular flexibility index (Phi) is 4.97. The van der Waals surface area contributed by atoms with Crippen LogP contribution < -0.4 is 5.73 Å². The second-order valence-corrected chi connectivity index (χ2v) is 4.27. The number of H-pyrrole nitrogens is 1. The monoisotopic (exact) mass is 278 g/mol. The Balaban J connectivity index is 1.85. The molecule has 0 unspecified atom stereocenters. The van der Waals surface area contributed by atoms with Gasteiger partial charge in [-0.2, -0.15) is 0 Å². The molecule has 0 fully saturated rings. The summed E-state index contributed by atoms with van der Waals surface area (Å²) in [4.78, 5) is 14.8. The van der Waals surface area contributed by atoms with Crippen LogP contribution in [0.3, 0.4) is 0 Å². The van der Waals surface area contributed by atoms with Crippen LogP contribution in [0, 0.1) is 0 Å². The number of rotatable bonds is 7. The maximum Gasteiger partial charge on any atom is 0.354 e. The van der Waals surface area contributed by atoms with Crippen molar-refractivity contribution in [3.8, 4) is 0 Å². The van der Waals surface area contributed by atoms with Gasteiger partial charge in [0.15, 0.2) is 0 Å². The van der Waals surface area contributed by atoms with Crippen molar-refractivity contribution in [3.05, 3.63) is 30.0 Å². The van der Waals surface area contributed by atoms with E-state index in [-0.39, 0.29) is 6.61 Å². The SMILES string of the molecule is COCCOCCOC(=O)c1cc2cc(N)ccc2[nH]1. The molecule has 6 nitrogen and oxygen atoms in total. The van der Waals surface area contributed by atoms with Gasteiger partial charge in [-0.25, -0.2) is 4.79 Å². The van der Waals surface area contributed by atoms with Crippen molar-refractivity contribution in [1.29, 1.82) is 0 Å². The third kappa shape index (κ3) is 3.72. The third-order valence-electron chi connectivity index (χ3n) is 2.76. The van der Waals surface area contributed by atoms with Crippen LogP contribution in [0.25, 0.3) is 10.9 Å². The fraction of sp³-hybridized carbons (Fsp3) is 0.357. The minimum Gasteiger partial charge on any atom is -0.459 e. The Bertz CT molecular complexity index is 580. The quantitative estimate of drug-likeness (QED) is 0.456. The lowest BCUT2D eigenvalue weighted by Gasteiger charge is -2.04. The van der Waals surface area contributed by atoms with E-state index in [1.54, 1.807) is 25.3 Å². The summed E-state index contributed by atoms with van der Waals surface area (Å²) < 4.78 is 15.1. The van der Waals surface area contributed by atoms with E-state index in [1.165, 1.54) is 0 Å². The summed E-state index contributed by atoms with van der Waals surface area (Å²) in [7, 11) is 1.60. The second kappa shape index (κ2) is 6.93. The number of carbonyl (C=O) groups is 1. The molecule has 2 rings (SSSR count). The zero-order valence-corrected chi connectivity index (χ0v) is 11.3. The molecular weight excluding hydrogens is 260 g/mol. The third-order valence-corrected chi connectivity index (χ3v) is 2.76. The first kappa shape index (κ1) is 14.4. The first-order valence-corrected chi connectivity index (χ1v) is 6.33. The lowest BCUT2D eigenvalue weighted by atomic mass is 10.2. The molecule has 0 saturated heterocycles. The first-order valence-electron chi connectivity index (χ1n) is 6.33. The number of ether oxygens (including phenoxy) is 3. The highest BCUT2D eigenvalue weighted by atomic mass is 16.6. The number of benzene rings is 1. The zero-order valence-electron chi connectivity index (χ0n) is 11.3. The maximum atomic E-state index is 11.8. The van der Waals surface area contributed by atoms with E-state index in [1.807, 2.05) is 6.07 Å². The number of hydrogen-bond donors (Lipinski definition) is 2. The van der Waals surface area contributed by atoms with E-state index in [0.717, 1.165) is 10.9 Å². The first-order chi connectivity index (χ1) is 9.70. The molecule has 0 saturated carbocycles.